The standard InChI is InChI=1S/C23H24FN3OS/c1-16-7-6-8-19-21(16)25-22(17-9-11-18(24)12-10-17)26-23(19)29-15-20(28)27-13-4-2-3-5-14-27/h6-12H,2-5,13-15H2,1H3. The average molecular weight is 410 g/mol. The molecule has 4 rings (SSSR count). The summed E-state index contributed by atoms with van der Waals surface area (Å²) in [5.74, 6) is 0.794. The minimum Gasteiger partial charge on any atom is -0.342 e. The number of aromatic nitrogens is 2. The van der Waals surface area contributed by atoms with Gasteiger partial charge in [-0.25, -0.2) is 14.4 Å². The molecule has 2 aromatic carbocycles. The molecule has 0 N–H and O–H groups in total. The molecule has 4 nitrogen and oxygen atoms in total. The van der Waals surface area contributed by atoms with Gasteiger partial charge in [-0.2, -0.15) is 0 Å². The highest BCUT2D eigenvalue weighted by Gasteiger charge is 2.18. The molecule has 0 spiro atoms. The van der Waals surface area contributed by atoms with Crippen molar-refractivity contribution < 1.29 is 9.18 Å². The molecule has 1 amide bonds. The highest BCUT2D eigenvalue weighted by Crippen LogP contribution is 2.30. The van der Waals surface area contributed by atoms with Crippen molar-refractivity contribution in [2.24, 2.45) is 0 Å². The van der Waals surface area contributed by atoms with Crippen LogP contribution in [0.25, 0.3) is 22.3 Å². The molecule has 150 valence electrons. The molecule has 0 unspecified atom stereocenters. The molecule has 1 saturated heterocycles. The average Bonchev–Trinajstić information content (AvgIpc) is 3.02. The van der Waals surface area contributed by atoms with E-state index in [0.717, 1.165) is 53.0 Å². The van der Waals surface area contributed by atoms with Gasteiger partial charge in [0.15, 0.2) is 5.82 Å². The molecule has 0 aliphatic carbocycles. The molecule has 1 aliphatic rings. The van der Waals surface area contributed by atoms with E-state index in [9.17, 15) is 9.18 Å². The third kappa shape index (κ3) is 4.58. The summed E-state index contributed by atoms with van der Waals surface area (Å²) in [6.07, 6.45) is 4.57. The molecule has 3 aromatic rings. The normalized spacial score (nSPS) is 14.8. The molecule has 6 heteroatoms. The fraction of sp³-hybridized carbons (Fsp3) is 0.348. The minimum absolute atomic E-state index is 0.166. The third-order valence-corrected chi connectivity index (χ3v) is 6.26. The van der Waals surface area contributed by atoms with Crippen molar-refractivity contribution >= 4 is 28.6 Å². The Bertz CT molecular complexity index is 1010. The molecule has 0 atom stereocenters. The zero-order chi connectivity index (χ0) is 20.2. The first-order valence-corrected chi connectivity index (χ1v) is 11.0. The molecule has 1 fully saturated rings. The Morgan fingerprint density at radius 2 is 1.76 bits per heavy atom. The number of benzene rings is 2. The second-order valence-electron chi connectivity index (χ2n) is 7.41. The number of halogens is 1. The van der Waals surface area contributed by atoms with E-state index in [1.54, 1.807) is 12.1 Å². The molecule has 1 aliphatic heterocycles. The van der Waals surface area contributed by atoms with Gasteiger partial charge >= 0.3 is 0 Å². The summed E-state index contributed by atoms with van der Waals surface area (Å²) in [5.41, 5.74) is 2.68. The van der Waals surface area contributed by atoms with Gasteiger partial charge in [0.05, 0.1) is 11.3 Å². The summed E-state index contributed by atoms with van der Waals surface area (Å²) >= 11 is 1.46. The number of hydrogen-bond donors (Lipinski definition) is 0. The Hall–Kier alpha value is -2.47. The molecule has 0 radical (unpaired) electrons. The summed E-state index contributed by atoms with van der Waals surface area (Å²) in [7, 11) is 0. The maximum absolute atomic E-state index is 13.3. The van der Waals surface area contributed by atoms with E-state index in [1.807, 2.05) is 30.0 Å². The second kappa shape index (κ2) is 8.91. The maximum Gasteiger partial charge on any atom is 0.232 e. The number of amides is 1. The van der Waals surface area contributed by atoms with Crippen LogP contribution < -0.4 is 0 Å². The van der Waals surface area contributed by atoms with Crippen LogP contribution in [0.4, 0.5) is 4.39 Å². The zero-order valence-electron chi connectivity index (χ0n) is 16.5. The summed E-state index contributed by atoms with van der Waals surface area (Å²) in [5, 5.41) is 1.74. The van der Waals surface area contributed by atoms with E-state index in [1.165, 1.54) is 36.7 Å². The fourth-order valence-corrected chi connectivity index (χ4v) is 4.56. The van der Waals surface area contributed by atoms with Crippen LogP contribution in [0.5, 0.6) is 0 Å². The number of likely N-dealkylation sites (tertiary alicyclic amines) is 1. The van der Waals surface area contributed by atoms with Crippen LogP contribution in [0.1, 0.15) is 31.2 Å². The maximum atomic E-state index is 13.3. The molecule has 1 aromatic heterocycles. The highest BCUT2D eigenvalue weighted by atomic mass is 32.2. The predicted octanol–water partition coefficient (Wildman–Crippen LogP) is 5.24. The van der Waals surface area contributed by atoms with Crippen LogP contribution in [0, 0.1) is 12.7 Å². The van der Waals surface area contributed by atoms with Crippen molar-refractivity contribution in [1.29, 1.82) is 0 Å². The Balaban J connectivity index is 1.64. The van der Waals surface area contributed by atoms with Gasteiger partial charge in [-0.15, -0.1) is 0 Å². The van der Waals surface area contributed by atoms with Gasteiger partial charge < -0.3 is 4.90 Å². The largest absolute Gasteiger partial charge is 0.342 e. The van der Waals surface area contributed by atoms with Crippen LogP contribution in [-0.2, 0) is 4.79 Å². The van der Waals surface area contributed by atoms with Crippen molar-refractivity contribution in [3.63, 3.8) is 0 Å². The van der Waals surface area contributed by atoms with Crippen LogP contribution >= 0.6 is 11.8 Å². The first-order chi connectivity index (χ1) is 14.1. The summed E-state index contributed by atoms with van der Waals surface area (Å²) < 4.78 is 13.3. The van der Waals surface area contributed by atoms with Crippen LogP contribution in [0.15, 0.2) is 47.5 Å². The van der Waals surface area contributed by atoms with Crippen molar-refractivity contribution in [2.75, 3.05) is 18.8 Å². The summed E-state index contributed by atoms with van der Waals surface area (Å²) in [6.45, 7) is 3.72. The van der Waals surface area contributed by atoms with Gasteiger partial charge in [0.2, 0.25) is 5.91 Å². The first-order valence-electron chi connectivity index (χ1n) is 10.1. The quantitative estimate of drug-likeness (QED) is 0.437. The number of nitrogens with zero attached hydrogens (tertiary/aromatic N) is 3. The molecular formula is C23H24FN3OS. The number of aryl methyl sites for hydroxylation is 1. The van der Waals surface area contributed by atoms with Gasteiger partial charge in [0.25, 0.3) is 0 Å². The van der Waals surface area contributed by atoms with Gasteiger partial charge in [0, 0.05) is 24.0 Å². The zero-order valence-corrected chi connectivity index (χ0v) is 17.3. The first kappa shape index (κ1) is 19.8. The Morgan fingerprint density at radius 1 is 1.03 bits per heavy atom. The van der Waals surface area contributed by atoms with Crippen LogP contribution in [0.2, 0.25) is 0 Å². The van der Waals surface area contributed by atoms with Crippen molar-refractivity contribution in [3.05, 3.63) is 53.8 Å². The fourth-order valence-electron chi connectivity index (χ4n) is 3.65. The van der Waals surface area contributed by atoms with Gasteiger partial charge in [-0.1, -0.05) is 42.8 Å². The van der Waals surface area contributed by atoms with Gasteiger partial charge in [0.1, 0.15) is 10.8 Å². The van der Waals surface area contributed by atoms with E-state index < -0.39 is 0 Å². The lowest BCUT2D eigenvalue weighted by atomic mass is 10.1. The number of carbonyl (C=O) groups excluding carboxylic acids is 1. The summed E-state index contributed by atoms with van der Waals surface area (Å²) in [6, 6.07) is 12.2. The Morgan fingerprint density at radius 3 is 2.48 bits per heavy atom. The lowest BCUT2D eigenvalue weighted by molar-refractivity contribution is -0.128. The van der Waals surface area contributed by atoms with E-state index in [2.05, 4.69) is 0 Å². The topological polar surface area (TPSA) is 46.1 Å². The highest BCUT2D eigenvalue weighted by molar-refractivity contribution is 8.00. The van der Waals surface area contributed by atoms with E-state index >= 15 is 0 Å². The Labute approximate surface area is 174 Å². The predicted molar refractivity (Wildman–Crippen MR) is 115 cm³/mol. The molecule has 0 bridgehead atoms. The van der Waals surface area contributed by atoms with Crippen molar-refractivity contribution in [1.82, 2.24) is 14.9 Å². The van der Waals surface area contributed by atoms with Crippen LogP contribution in [0.3, 0.4) is 0 Å². The van der Waals surface area contributed by atoms with Gasteiger partial charge in [-0.05, 0) is 49.6 Å². The Kier molecular flexibility index (Phi) is 6.09. The van der Waals surface area contributed by atoms with E-state index in [4.69, 9.17) is 9.97 Å². The second-order valence-corrected chi connectivity index (χ2v) is 8.38. The number of para-hydroxylation sites is 1. The third-order valence-electron chi connectivity index (χ3n) is 5.29. The van der Waals surface area contributed by atoms with Crippen molar-refractivity contribution in [2.45, 2.75) is 37.6 Å². The lowest BCUT2D eigenvalue weighted by Crippen LogP contribution is -2.33. The van der Waals surface area contributed by atoms with E-state index in [0.29, 0.717) is 11.6 Å². The SMILES string of the molecule is Cc1cccc2c(SCC(=O)N3CCCCCC3)nc(-c3ccc(F)cc3)nc12. The minimum atomic E-state index is -0.289. The lowest BCUT2D eigenvalue weighted by Gasteiger charge is -2.20. The van der Waals surface area contributed by atoms with Crippen molar-refractivity contribution in [3.8, 4) is 11.4 Å². The number of thioether (sulfide) groups is 1. The van der Waals surface area contributed by atoms with Crippen LogP contribution in [-0.4, -0.2) is 39.6 Å². The molecular weight excluding hydrogens is 385 g/mol. The number of carbonyl (C=O) groups is 1. The molecule has 29 heavy (non-hydrogen) atoms. The number of rotatable bonds is 4. The monoisotopic (exact) mass is 409 g/mol. The number of fused-ring (bicyclic) bond motifs is 1. The van der Waals surface area contributed by atoms with Gasteiger partial charge in [-0.3, -0.25) is 4.79 Å². The molecule has 2 heterocycles. The summed E-state index contributed by atoms with van der Waals surface area (Å²) in [4.78, 5) is 24.2. The smallest absolute Gasteiger partial charge is 0.232 e. The molecule has 0 saturated carbocycles. The number of hydrogen-bond acceptors (Lipinski definition) is 4. The van der Waals surface area contributed by atoms with E-state index in [-0.39, 0.29) is 11.7 Å².